The molecule has 1 unspecified atom stereocenters. The van der Waals surface area contributed by atoms with E-state index in [0.29, 0.717) is 6.42 Å². The minimum Gasteiger partial charge on any atom is -0.290 e. The molecule has 0 saturated carbocycles. The molecule has 0 radical (unpaired) electrons. The molecule has 0 bridgehead atoms. The van der Waals surface area contributed by atoms with Gasteiger partial charge in [0, 0.05) is 6.42 Å². The minimum absolute atomic E-state index is 0.142. The van der Waals surface area contributed by atoms with Crippen LogP contribution in [0.5, 0.6) is 0 Å². The summed E-state index contributed by atoms with van der Waals surface area (Å²) in [5, 5.41) is -0.679. The molecule has 0 heterocycles. The van der Waals surface area contributed by atoms with E-state index in [1.807, 2.05) is 30.3 Å². The molecule has 1 rings (SSSR count). The third-order valence-corrected chi connectivity index (χ3v) is 2.63. The zero-order valence-corrected chi connectivity index (χ0v) is 9.33. The predicted octanol–water partition coefficient (Wildman–Crippen LogP) is 2.38. The fourth-order valence-corrected chi connectivity index (χ4v) is 1.35. The SMILES string of the molecule is CCC(Cl)C(=O)C(=O)Cc1ccccc1. The normalized spacial score (nSPS) is 12.1. The fourth-order valence-electron chi connectivity index (χ4n) is 1.23. The van der Waals surface area contributed by atoms with Crippen LogP contribution in [0.2, 0.25) is 0 Å². The van der Waals surface area contributed by atoms with Crippen LogP contribution in [0.4, 0.5) is 0 Å². The van der Waals surface area contributed by atoms with Gasteiger partial charge in [0.1, 0.15) is 0 Å². The van der Waals surface area contributed by atoms with Crippen LogP contribution in [0.15, 0.2) is 30.3 Å². The van der Waals surface area contributed by atoms with Crippen LogP contribution in [-0.4, -0.2) is 16.9 Å². The monoisotopic (exact) mass is 224 g/mol. The summed E-state index contributed by atoms with van der Waals surface area (Å²) in [4.78, 5) is 22.9. The van der Waals surface area contributed by atoms with Gasteiger partial charge in [0.25, 0.3) is 0 Å². The van der Waals surface area contributed by atoms with Crippen LogP contribution in [0.25, 0.3) is 0 Å². The predicted molar refractivity (Wildman–Crippen MR) is 60.1 cm³/mol. The van der Waals surface area contributed by atoms with Crippen LogP contribution < -0.4 is 0 Å². The van der Waals surface area contributed by atoms with E-state index in [1.54, 1.807) is 6.92 Å². The lowest BCUT2D eigenvalue weighted by Crippen LogP contribution is -2.25. The van der Waals surface area contributed by atoms with Crippen molar-refractivity contribution in [2.75, 3.05) is 0 Å². The molecule has 0 aliphatic heterocycles. The summed E-state index contributed by atoms with van der Waals surface area (Å²) < 4.78 is 0. The van der Waals surface area contributed by atoms with Gasteiger partial charge in [0.15, 0.2) is 0 Å². The number of alkyl halides is 1. The lowest BCUT2D eigenvalue weighted by molar-refractivity contribution is -0.136. The number of carbonyl (C=O) groups is 2. The Kier molecular flexibility index (Phi) is 4.50. The van der Waals surface area contributed by atoms with Crippen molar-refractivity contribution in [2.24, 2.45) is 0 Å². The molecule has 0 saturated heterocycles. The van der Waals surface area contributed by atoms with Crippen molar-refractivity contribution in [2.45, 2.75) is 25.1 Å². The zero-order valence-electron chi connectivity index (χ0n) is 8.57. The van der Waals surface area contributed by atoms with Crippen molar-refractivity contribution in [3.05, 3.63) is 35.9 Å². The molecule has 0 aromatic heterocycles. The van der Waals surface area contributed by atoms with Crippen LogP contribution in [-0.2, 0) is 16.0 Å². The topological polar surface area (TPSA) is 34.1 Å². The molecular weight excluding hydrogens is 212 g/mol. The summed E-state index contributed by atoms with van der Waals surface area (Å²) in [5.41, 5.74) is 0.843. The van der Waals surface area contributed by atoms with Crippen LogP contribution in [0, 0.1) is 0 Å². The first kappa shape index (κ1) is 11.9. The summed E-state index contributed by atoms with van der Waals surface area (Å²) >= 11 is 5.71. The van der Waals surface area contributed by atoms with E-state index in [0.717, 1.165) is 5.56 Å². The van der Waals surface area contributed by atoms with Crippen LogP contribution in [0.3, 0.4) is 0 Å². The molecule has 2 nitrogen and oxygen atoms in total. The second-order valence-electron chi connectivity index (χ2n) is 3.33. The van der Waals surface area contributed by atoms with Gasteiger partial charge in [0.05, 0.1) is 5.38 Å². The Balaban J connectivity index is 2.60. The molecule has 0 spiro atoms. The van der Waals surface area contributed by atoms with Crippen molar-refractivity contribution < 1.29 is 9.59 Å². The maximum absolute atomic E-state index is 11.5. The first-order chi connectivity index (χ1) is 7.15. The maximum atomic E-state index is 11.5. The lowest BCUT2D eigenvalue weighted by atomic mass is 10.0. The van der Waals surface area contributed by atoms with E-state index in [1.165, 1.54) is 0 Å². The third-order valence-electron chi connectivity index (χ3n) is 2.13. The molecule has 0 N–H and O–H groups in total. The minimum atomic E-state index is -0.679. The molecule has 15 heavy (non-hydrogen) atoms. The summed E-state index contributed by atoms with van der Waals surface area (Å²) in [6.07, 6.45) is 0.629. The number of benzene rings is 1. The first-order valence-corrected chi connectivity index (χ1v) is 5.33. The van der Waals surface area contributed by atoms with E-state index >= 15 is 0 Å². The van der Waals surface area contributed by atoms with Gasteiger partial charge in [-0.1, -0.05) is 37.3 Å². The standard InChI is InChI=1S/C12H13ClO2/c1-2-10(13)12(15)11(14)8-9-6-4-3-5-7-9/h3-7,10H,2,8H2,1H3. The largest absolute Gasteiger partial charge is 0.290 e. The highest BCUT2D eigenvalue weighted by atomic mass is 35.5. The number of Topliss-reactive ketones (excluding diaryl/α,β-unsaturated/α-hetero) is 2. The van der Waals surface area contributed by atoms with Gasteiger partial charge in [-0.25, -0.2) is 0 Å². The number of ketones is 2. The lowest BCUT2D eigenvalue weighted by Gasteiger charge is -2.04. The highest BCUT2D eigenvalue weighted by molar-refractivity contribution is 6.49. The summed E-state index contributed by atoms with van der Waals surface area (Å²) in [6.45, 7) is 1.78. The Hall–Kier alpha value is -1.15. The highest BCUT2D eigenvalue weighted by Gasteiger charge is 2.21. The Morgan fingerprint density at radius 2 is 1.87 bits per heavy atom. The molecule has 0 aliphatic rings. The fraction of sp³-hybridized carbons (Fsp3) is 0.333. The Morgan fingerprint density at radius 1 is 1.27 bits per heavy atom. The number of hydrogen-bond acceptors (Lipinski definition) is 2. The van der Waals surface area contributed by atoms with E-state index < -0.39 is 16.9 Å². The Morgan fingerprint density at radius 3 is 2.40 bits per heavy atom. The van der Waals surface area contributed by atoms with Gasteiger partial charge in [-0.15, -0.1) is 11.6 Å². The van der Waals surface area contributed by atoms with Gasteiger partial charge in [-0.2, -0.15) is 0 Å². The van der Waals surface area contributed by atoms with E-state index in [4.69, 9.17) is 11.6 Å². The maximum Gasteiger partial charge on any atom is 0.216 e. The smallest absolute Gasteiger partial charge is 0.216 e. The van der Waals surface area contributed by atoms with Crippen molar-refractivity contribution in [1.29, 1.82) is 0 Å². The van der Waals surface area contributed by atoms with Gasteiger partial charge >= 0.3 is 0 Å². The summed E-state index contributed by atoms with van der Waals surface area (Å²) in [6, 6.07) is 9.18. The van der Waals surface area contributed by atoms with Crippen molar-refractivity contribution in [3.63, 3.8) is 0 Å². The molecule has 1 atom stereocenters. The van der Waals surface area contributed by atoms with Crippen molar-refractivity contribution in [3.8, 4) is 0 Å². The zero-order chi connectivity index (χ0) is 11.3. The average Bonchev–Trinajstić information content (AvgIpc) is 2.28. The van der Waals surface area contributed by atoms with Gasteiger partial charge < -0.3 is 0 Å². The van der Waals surface area contributed by atoms with E-state index in [-0.39, 0.29) is 6.42 Å². The van der Waals surface area contributed by atoms with Gasteiger partial charge in [-0.3, -0.25) is 9.59 Å². The number of rotatable bonds is 5. The first-order valence-electron chi connectivity index (χ1n) is 4.90. The molecule has 0 aliphatic carbocycles. The molecular formula is C12H13ClO2. The van der Waals surface area contributed by atoms with E-state index in [9.17, 15) is 9.59 Å². The van der Waals surface area contributed by atoms with Gasteiger partial charge in [0.2, 0.25) is 11.6 Å². The third kappa shape index (κ3) is 3.48. The molecule has 80 valence electrons. The quantitative estimate of drug-likeness (QED) is 0.569. The Bertz CT molecular complexity index is 346. The second-order valence-corrected chi connectivity index (χ2v) is 3.85. The molecule has 1 aromatic rings. The van der Waals surface area contributed by atoms with Crippen LogP contribution in [0.1, 0.15) is 18.9 Å². The van der Waals surface area contributed by atoms with Crippen molar-refractivity contribution >= 4 is 23.2 Å². The highest BCUT2D eigenvalue weighted by Crippen LogP contribution is 2.07. The average molecular weight is 225 g/mol. The number of hydrogen-bond donors (Lipinski definition) is 0. The summed E-state index contributed by atoms with van der Waals surface area (Å²) in [7, 11) is 0. The van der Waals surface area contributed by atoms with Crippen molar-refractivity contribution in [1.82, 2.24) is 0 Å². The number of carbonyl (C=O) groups excluding carboxylic acids is 2. The molecule has 0 fully saturated rings. The second kappa shape index (κ2) is 5.66. The Labute approximate surface area is 94.2 Å². The molecule has 3 heteroatoms. The summed E-state index contributed by atoms with van der Waals surface area (Å²) in [5.74, 6) is -0.897. The number of halogens is 1. The molecule has 0 amide bonds. The molecule has 1 aromatic carbocycles. The van der Waals surface area contributed by atoms with E-state index in [2.05, 4.69) is 0 Å². The van der Waals surface area contributed by atoms with Crippen LogP contribution >= 0.6 is 11.6 Å². The van der Waals surface area contributed by atoms with Gasteiger partial charge in [-0.05, 0) is 12.0 Å².